The molecule has 0 amide bonds. The lowest BCUT2D eigenvalue weighted by atomic mass is 10.1. The molecule has 0 saturated heterocycles. The Morgan fingerprint density at radius 2 is 2.11 bits per heavy atom. The van der Waals surface area contributed by atoms with E-state index in [1.165, 1.54) is 12.1 Å². The Labute approximate surface area is 111 Å². The summed E-state index contributed by atoms with van der Waals surface area (Å²) in [6, 6.07) is 4.09. The second-order valence-corrected chi connectivity index (χ2v) is 4.55. The maximum Gasteiger partial charge on any atom is 0.338 e. The van der Waals surface area contributed by atoms with Crippen molar-refractivity contribution in [1.82, 2.24) is 0 Å². The number of aromatic carboxylic acids is 1. The molecule has 0 aliphatic carbocycles. The van der Waals surface area contributed by atoms with E-state index in [2.05, 4.69) is 0 Å². The van der Waals surface area contributed by atoms with Gasteiger partial charge in [0.2, 0.25) is 0 Å². The smallest absolute Gasteiger partial charge is 0.338 e. The van der Waals surface area contributed by atoms with E-state index in [0.29, 0.717) is 12.2 Å². The number of benzene rings is 1. The predicted octanol–water partition coefficient (Wildman–Crippen LogP) is 2.92. The minimum Gasteiger partial charge on any atom is -0.478 e. The number of carboxylic acids is 1. The maximum atomic E-state index is 11.3. The van der Waals surface area contributed by atoms with Crippen molar-refractivity contribution in [2.24, 2.45) is 0 Å². The van der Waals surface area contributed by atoms with Gasteiger partial charge in [-0.1, -0.05) is 6.92 Å². The van der Waals surface area contributed by atoms with E-state index in [1.54, 1.807) is 0 Å². The average Bonchev–Trinajstić information content (AvgIpc) is 2.34. The SMILES string of the molecule is CCCN(c1ccc([N+](=O)[O-])cc1C(=O)O)C(C)C. The molecule has 1 aromatic carbocycles. The van der Waals surface area contributed by atoms with Crippen LogP contribution in [0, 0.1) is 10.1 Å². The van der Waals surface area contributed by atoms with Crippen molar-refractivity contribution in [3.8, 4) is 0 Å². The fourth-order valence-electron chi connectivity index (χ4n) is 1.96. The first kappa shape index (κ1) is 14.9. The van der Waals surface area contributed by atoms with Crippen LogP contribution >= 0.6 is 0 Å². The summed E-state index contributed by atoms with van der Waals surface area (Å²) >= 11 is 0. The van der Waals surface area contributed by atoms with Gasteiger partial charge >= 0.3 is 5.97 Å². The van der Waals surface area contributed by atoms with E-state index in [-0.39, 0.29) is 17.3 Å². The number of nitro benzene ring substituents is 1. The topological polar surface area (TPSA) is 83.7 Å². The number of nitro groups is 1. The van der Waals surface area contributed by atoms with Crippen LogP contribution in [0.1, 0.15) is 37.6 Å². The largest absolute Gasteiger partial charge is 0.478 e. The fourth-order valence-corrected chi connectivity index (χ4v) is 1.96. The molecule has 0 radical (unpaired) electrons. The summed E-state index contributed by atoms with van der Waals surface area (Å²) in [7, 11) is 0. The monoisotopic (exact) mass is 266 g/mol. The molecular weight excluding hydrogens is 248 g/mol. The van der Waals surface area contributed by atoms with Gasteiger partial charge in [-0.2, -0.15) is 0 Å². The van der Waals surface area contributed by atoms with Gasteiger partial charge in [0.05, 0.1) is 16.2 Å². The van der Waals surface area contributed by atoms with Gasteiger partial charge in [0, 0.05) is 24.7 Å². The molecule has 0 atom stereocenters. The lowest BCUT2D eigenvalue weighted by Crippen LogP contribution is -2.32. The van der Waals surface area contributed by atoms with E-state index in [9.17, 15) is 20.0 Å². The summed E-state index contributed by atoms with van der Waals surface area (Å²) in [5.41, 5.74) is 0.285. The molecular formula is C13H18N2O4. The zero-order chi connectivity index (χ0) is 14.6. The van der Waals surface area contributed by atoms with Crippen molar-refractivity contribution < 1.29 is 14.8 Å². The fraction of sp³-hybridized carbons (Fsp3) is 0.462. The third-order valence-corrected chi connectivity index (χ3v) is 2.82. The Bertz CT molecular complexity index is 486. The highest BCUT2D eigenvalue weighted by atomic mass is 16.6. The molecule has 1 N–H and O–H groups in total. The number of anilines is 1. The van der Waals surface area contributed by atoms with Crippen LogP contribution in [-0.2, 0) is 0 Å². The molecule has 0 saturated carbocycles. The second-order valence-electron chi connectivity index (χ2n) is 4.55. The average molecular weight is 266 g/mol. The molecule has 0 aliphatic heterocycles. The van der Waals surface area contributed by atoms with Crippen LogP contribution in [0.25, 0.3) is 0 Å². The van der Waals surface area contributed by atoms with E-state index >= 15 is 0 Å². The lowest BCUT2D eigenvalue weighted by Gasteiger charge is -2.29. The first-order chi connectivity index (χ1) is 8.88. The summed E-state index contributed by atoms with van der Waals surface area (Å²) < 4.78 is 0. The zero-order valence-electron chi connectivity index (χ0n) is 11.3. The number of carboxylic acid groups (broad SMARTS) is 1. The highest BCUT2D eigenvalue weighted by Gasteiger charge is 2.21. The zero-order valence-corrected chi connectivity index (χ0v) is 11.3. The molecule has 1 aromatic rings. The van der Waals surface area contributed by atoms with Crippen molar-refractivity contribution in [2.75, 3.05) is 11.4 Å². The van der Waals surface area contributed by atoms with Crippen molar-refractivity contribution in [3.63, 3.8) is 0 Å². The molecule has 6 heteroatoms. The highest BCUT2D eigenvalue weighted by molar-refractivity contribution is 5.95. The van der Waals surface area contributed by atoms with Crippen LogP contribution in [0.5, 0.6) is 0 Å². The van der Waals surface area contributed by atoms with Crippen molar-refractivity contribution >= 4 is 17.3 Å². The normalized spacial score (nSPS) is 10.5. The van der Waals surface area contributed by atoms with E-state index in [1.807, 2.05) is 25.7 Å². The molecule has 0 unspecified atom stereocenters. The molecule has 0 aliphatic rings. The third kappa shape index (κ3) is 3.43. The van der Waals surface area contributed by atoms with Crippen LogP contribution in [0.15, 0.2) is 18.2 Å². The molecule has 0 aromatic heterocycles. The molecule has 0 spiro atoms. The van der Waals surface area contributed by atoms with Gasteiger partial charge in [0.15, 0.2) is 0 Å². The molecule has 19 heavy (non-hydrogen) atoms. The first-order valence-corrected chi connectivity index (χ1v) is 6.16. The summed E-state index contributed by atoms with van der Waals surface area (Å²) in [6.45, 7) is 6.63. The van der Waals surface area contributed by atoms with Crippen LogP contribution in [0.4, 0.5) is 11.4 Å². The molecule has 0 bridgehead atoms. The Morgan fingerprint density at radius 3 is 2.53 bits per heavy atom. The first-order valence-electron chi connectivity index (χ1n) is 6.16. The summed E-state index contributed by atoms with van der Waals surface area (Å²) in [4.78, 5) is 23.3. The molecule has 0 fully saturated rings. The van der Waals surface area contributed by atoms with Gasteiger partial charge in [0.25, 0.3) is 5.69 Å². The number of rotatable bonds is 6. The number of non-ortho nitro benzene ring substituents is 1. The minimum atomic E-state index is -1.15. The van der Waals surface area contributed by atoms with Crippen LogP contribution in [0.2, 0.25) is 0 Å². The van der Waals surface area contributed by atoms with Crippen molar-refractivity contribution in [2.45, 2.75) is 33.2 Å². The third-order valence-electron chi connectivity index (χ3n) is 2.82. The van der Waals surface area contributed by atoms with Gasteiger partial charge in [-0.05, 0) is 26.3 Å². The Balaban J connectivity index is 3.32. The quantitative estimate of drug-likeness (QED) is 0.632. The van der Waals surface area contributed by atoms with E-state index in [0.717, 1.165) is 12.5 Å². The summed E-state index contributed by atoms with van der Waals surface area (Å²) in [6.07, 6.45) is 0.869. The van der Waals surface area contributed by atoms with Gasteiger partial charge in [-0.3, -0.25) is 10.1 Å². The Morgan fingerprint density at radius 1 is 1.47 bits per heavy atom. The Hall–Kier alpha value is -2.11. The molecule has 1 rings (SSSR count). The molecule has 104 valence electrons. The standard InChI is InChI=1S/C13H18N2O4/c1-4-7-14(9(2)3)12-6-5-10(15(18)19)8-11(12)13(16)17/h5-6,8-9H,4,7H2,1-3H3,(H,16,17). The van der Waals surface area contributed by atoms with Gasteiger partial charge in [-0.15, -0.1) is 0 Å². The predicted molar refractivity (Wildman–Crippen MR) is 72.8 cm³/mol. The van der Waals surface area contributed by atoms with Gasteiger partial charge in [-0.25, -0.2) is 4.79 Å². The Kier molecular flexibility index (Phi) is 4.86. The van der Waals surface area contributed by atoms with E-state index < -0.39 is 10.9 Å². The number of nitrogens with zero attached hydrogens (tertiary/aromatic N) is 2. The van der Waals surface area contributed by atoms with Crippen molar-refractivity contribution in [3.05, 3.63) is 33.9 Å². The minimum absolute atomic E-state index is 0.0312. The van der Waals surface area contributed by atoms with Gasteiger partial charge in [0.1, 0.15) is 0 Å². The second kappa shape index (κ2) is 6.17. The number of hydrogen-bond acceptors (Lipinski definition) is 4. The summed E-state index contributed by atoms with van der Waals surface area (Å²) in [5.74, 6) is -1.15. The maximum absolute atomic E-state index is 11.3. The molecule has 0 heterocycles. The van der Waals surface area contributed by atoms with Crippen LogP contribution in [0.3, 0.4) is 0 Å². The molecule has 6 nitrogen and oxygen atoms in total. The summed E-state index contributed by atoms with van der Waals surface area (Å²) in [5, 5.41) is 19.9. The number of carbonyl (C=O) groups is 1. The lowest BCUT2D eigenvalue weighted by molar-refractivity contribution is -0.384. The van der Waals surface area contributed by atoms with Crippen LogP contribution in [-0.4, -0.2) is 28.6 Å². The van der Waals surface area contributed by atoms with Crippen LogP contribution < -0.4 is 4.90 Å². The van der Waals surface area contributed by atoms with E-state index in [4.69, 9.17) is 0 Å². The van der Waals surface area contributed by atoms with Gasteiger partial charge < -0.3 is 10.0 Å². The van der Waals surface area contributed by atoms with Crippen molar-refractivity contribution in [1.29, 1.82) is 0 Å². The highest BCUT2D eigenvalue weighted by Crippen LogP contribution is 2.27. The number of hydrogen-bond donors (Lipinski definition) is 1.